The Bertz CT molecular complexity index is 320. The number of aliphatic hydroxyl groups is 5. The van der Waals surface area contributed by atoms with E-state index in [1.165, 1.54) is 0 Å². The summed E-state index contributed by atoms with van der Waals surface area (Å²) < 4.78 is 4.64. The Kier molecular flexibility index (Phi) is 9.84. The maximum atomic E-state index is 11.3. The number of carboxylic acid groups (broad SMARTS) is 1. The summed E-state index contributed by atoms with van der Waals surface area (Å²) in [4.78, 5) is 21.5. The van der Waals surface area contributed by atoms with Crippen LogP contribution in [0.2, 0.25) is 0 Å². The number of carbonyl (C=O) groups excluding carboxylic acids is 1. The Morgan fingerprint density at radius 3 is 1.95 bits per heavy atom. The molecule has 9 heteroatoms. The first kappa shape index (κ1) is 19.7. The molecule has 0 fully saturated rings. The number of esters is 1. The SMILES string of the molecule is O=C(O)CCCCC(=O)OC[C@@H](O)[C@@H](O)[C@H](O)[C@H](O)CO. The van der Waals surface area contributed by atoms with Crippen LogP contribution in [-0.4, -0.2) is 80.2 Å². The van der Waals surface area contributed by atoms with E-state index in [0.717, 1.165) is 0 Å². The number of hydrogen-bond donors (Lipinski definition) is 6. The Balaban J connectivity index is 3.93. The largest absolute Gasteiger partial charge is 0.481 e. The van der Waals surface area contributed by atoms with Crippen molar-refractivity contribution in [3.05, 3.63) is 0 Å². The fraction of sp³-hybridized carbons (Fsp3) is 0.833. The van der Waals surface area contributed by atoms with Gasteiger partial charge in [-0.3, -0.25) is 9.59 Å². The second-order valence-electron chi connectivity index (χ2n) is 4.58. The third kappa shape index (κ3) is 8.58. The van der Waals surface area contributed by atoms with Crippen LogP contribution in [0, 0.1) is 0 Å². The predicted molar refractivity (Wildman–Crippen MR) is 68.2 cm³/mol. The van der Waals surface area contributed by atoms with Gasteiger partial charge in [0, 0.05) is 12.8 Å². The molecule has 0 aromatic carbocycles. The van der Waals surface area contributed by atoms with Gasteiger partial charge >= 0.3 is 11.9 Å². The molecule has 0 rings (SSSR count). The molecule has 0 saturated carbocycles. The number of ether oxygens (including phenoxy) is 1. The molecule has 9 nitrogen and oxygen atoms in total. The number of unbranched alkanes of at least 4 members (excludes halogenated alkanes) is 1. The van der Waals surface area contributed by atoms with Gasteiger partial charge in [0.15, 0.2) is 0 Å². The molecule has 6 N–H and O–H groups in total. The van der Waals surface area contributed by atoms with Crippen LogP contribution in [-0.2, 0) is 14.3 Å². The number of rotatable bonds is 11. The van der Waals surface area contributed by atoms with Crippen LogP contribution in [0.4, 0.5) is 0 Å². The van der Waals surface area contributed by atoms with Crippen LogP contribution in [0.25, 0.3) is 0 Å². The number of aliphatic carboxylic acids is 1. The summed E-state index contributed by atoms with van der Waals surface area (Å²) in [6.07, 6.45) is -6.26. The van der Waals surface area contributed by atoms with E-state index in [4.69, 9.17) is 15.3 Å². The van der Waals surface area contributed by atoms with Gasteiger partial charge in [0.05, 0.1) is 6.61 Å². The Labute approximate surface area is 121 Å². The molecule has 0 bridgehead atoms. The summed E-state index contributed by atoms with van der Waals surface area (Å²) in [7, 11) is 0. The molecule has 4 atom stereocenters. The molecule has 0 amide bonds. The highest BCUT2D eigenvalue weighted by Gasteiger charge is 2.30. The Morgan fingerprint density at radius 2 is 1.43 bits per heavy atom. The maximum Gasteiger partial charge on any atom is 0.305 e. The van der Waals surface area contributed by atoms with Gasteiger partial charge in [0.1, 0.15) is 31.0 Å². The van der Waals surface area contributed by atoms with E-state index >= 15 is 0 Å². The summed E-state index contributed by atoms with van der Waals surface area (Å²) in [6, 6.07) is 0. The molecule has 0 aliphatic heterocycles. The first-order valence-corrected chi connectivity index (χ1v) is 6.50. The molecule has 0 heterocycles. The monoisotopic (exact) mass is 310 g/mol. The van der Waals surface area contributed by atoms with E-state index in [9.17, 15) is 24.9 Å². The van der Waals surface area contributed by atoms with Crippen molar-refractivity contribution in [3.8, 4) is 0 Å². The Hall–Kier alpha value is -1.26. The third-order valence-corrected chi connectivity index (χ3v) is 2.76. The molecule has 0 spiro atoms. The van der Waals surface area contributed by atoms with Gasteiger partial charge in [-0.05, 0) is 12.8 Å². The van der Waals surface area contributed by atoms with E-state index < -0.39 is 49.6 Å². The average Bonchev–Trinajstić information content (AvgIpc) is 2.46. The minimum absolute atomic E-state index is 0.0298. The van der Waals surface area contributed by atoms with E-state index in [2.05, 4.69) is 4.74 Å². The summed E-state index contributed by atoms with van der Waals surface area (Å²) in [6.45, 7) is -1.39. The van der Waals surface area contributed by atoms with Gasteiger partial charge in [-0.25, -0.2) is 0 Å². The minimum atomic E-state index is -1.79. The Morgan fingerprint density at radius 1 is 0.905 bits per heavy atom. The van der Waals surface area contributed by atoms with Crippen LogP contribution in [0.5, 0.6) is 0 Å². The second-order valence-corrected chi connectivity index (χ2v) is 4.58. The van der Waals surface area contributed by atoms with Crippen molar-refractivity contribution >= 4 is 11.9 Å². The molecule has 0 radical (unpaired) electrons. The predicted octanol–water partition coefficient (Wildman–Crippen LogP) is -2.39. The van der Waals surface area contributed by atoms with E-state index in [1.807, 2.05) is 0 Å². The van der Waals surface area contributed by atoms with Crippen LogP contribution >= 0.6 is 0 Å². The maximum absolute atomic E-state index is 11.3. The van der Waals surface area contributed by atoms with Crippen molar-refractivity contribution in [1.29, 1.82) is 0 Å². The topological polar surface area (TPSA) is 165 Å². The summed E-state index contributed by atoms with van der Waals surface area (Å²) in [5.41, 5.74) is 0. The number of carbonyl (C=O) groups is 2. The van der Waals surface area contributed by atoms with Crippen LogP contribution < -0.4 is 0 Å². The van der Waals surface area contributed by atoms with Gasteiger partial charge in [-0.15, -0.1) is 0 Å². The fourth-order valence-electron chi connectivity index (χ4n) is 1.46. The first-order chi connectivity index (χ1) is 9.79. The highest BCUT2D eigenvalue weighted by molar-refractivity contribution is 5.69. The minimum Gasteiger partial charge on any atom is -0.481 e. The highest BCUT2D eigenvalue weighted by Crippen LogP contribution is 2.07. The van der Waals surface area contributed by atoms with Crippen molar-refractivity contribution in [2.24, 2.45) is 0 Å². The van der Waals surface area contributed by atoms with Gasteiger partial charge in [-0.1, -0.05) is 0 Å². The highest BCUT2D eigenvalue weighted by atomic mass is 16.5. The lowest BCUT2D eigenvalue weighted by atomic mass is 10.0. The lowest BCUT2D eigenvalue weighted by Crippen LogP contribution is -2.47. The molecular formula is C12H22O9. The van der Waals surface area contributed by atoms with Crippen LogP contribution in [0.3, 0.4) is 0 Å². The van der Waals surface area contributed by atoms with Gasteiger partial charge < -0.3 is 35.4 Å². The average molecular weight is 310 g/mol. The van der Waals surface area contributed by atoms with Gasteiger partial charge in [-0.2, -0.15) is 0 Å². The molecule has 21 heavy (non-hydrogen) atoms. The second kappa shape index (κ2) is 10.5. The van der Waals surface area contributed by atoms with E-state index in [0.29, 0.717) is 12.8 Å². The summed E-state index contributed by atoms with van der Waals surface area (Å²) in [5, 5.41) is 54.3. The molecule has 0 aliphatic rings. The normalized spacial score (nSPS) is 16.8. The van der Waals surface area contributed by atoms with Crippen molar-refractivity contribution in [2.45, 2.75) is 50.1 Å². The lowest BCUT2D eigenvalue weighted by Gasteiger charge is -2.25. The standard InChI is InChI=1S/C12H22O9/c13-5-7(14)11(19)12(20)8(15)6-21-10(18)4-2-1-3-9(16)17/h7-8,11-15,19-20H,1-6H2,(H,16,17)/t7-,8-,11-,12-/m1/s1. The number of hydrogen-bond acceptors (Lipinski definition) is 8. The number of aliphatic hydroxyl groups excluding tert-OH is 5. The molecule has 0 aromatic rings. The van der Waals surface area contributed by atoms with Crippen molar-refractivity contribution < 1.29 is 45.0 Å². The molecule has 0 aliphatic carbocycles. The van der Waals surface area contributed by atoms with Crippen LogP contribution in [0.1, 0.15) is 25.7 Å². The smallest absolute Gasteiger partial charge is 0.305 e. The van der Waals surface area contributed by atoms with Gasteiger partial charge in [0.25, 0.3) is 0 Å². The first-order valence-electron chi connectivity index (χ1n) is 6.50. The van der Waals surface area contributed by atoms with E-state index in [1.54, 1.807) is 0 Å². The zero-order chi connectivity index (χ0) is 16.4. The number of carboxylic acids is 1. The third-order valence-electron chi connectivity index (χ3n) is 2.76. The quantitative estimate of drug-likeness (QED) is 0.180. The van der Waals surface area contributed by atoms with Crippen molar-refractivity contribution in [1.82, 2.24) is 0 Å². The van der Waals surface area contributed by atoms with E-state index in [-0.39, 0.29) is 12.8 Å². The lowest BCUT2D eigenvalue weighted by molar-refractivity contribution is -0.156. The van der Waals surface area contributed by atoms with Crippen molar-refractivity contribution in [2.75, 3.05) is 13.2 Å². The molecule has 0 aromatic heterocycles. The molecule has 124 valence electrons. The zero-order valence-corrected chi connectivity index (χ0v) is 11.5. The summed E-state index contributed by atoms with van der Waals surface area (Å²) >= 11 is 0. The molecule has 0 unspecified atom stereocenters. The van der Waals surface area contributed by atoms with Gasteiger partial charge in [0.2, 0.25) is 0 Å². The van der Waals surface area contributed by atoms with Crippen LogP contribution in [0.15, 0.2) is 0 Å². The fourth-order valence-corrected chi connectivity index (χ4v) is 1.46. The molecule has 0 saturated heterocycles. The molecular weight excluding hydrogens is 288 g/mol. The van der Waals surface area contributed by atoms with Crippen molar-refractivity contribution in [3.63, 3.8) is 0 Å². The summed E-state index contributed by atoms with van der Waals surface area (Å²) in [5.74, 6) is -1.64. The zero-order valence-electron chi connectivity index (χ0n) is 11.5.